The fourth-order valence-corrected chi connectivity index (χ4v) is 1.71. The van der Waals surface area contributed by atoms with E-state index in [1.807, 2.05) is 24.3 Å². The first-order chi connectivity index (χ1) is 7.84. The summed E-state index contributed by atoms with van der Waals surface area (Å²) in [5.41, 5.74) is 2.26. The zero-order chi connectivity index (χ0) is 13.1. The smallest absolute Gasteiger partial charge is 0.254 e. The molecular formula is C14H21F2N. The van der Waals surface area contributed by atoms with Crippen LogP contribution in [0.15, 0.2) is 24.3 Å². The first kappa shape index (κ1) is 14.1. The van der Waals surface area contributed by atoms with Crippen molar-refractivity contribution in [2.45, 2.75) is 45.1 Å². The molecular weight excluding hydrogens is 220 g/mol. The molecule has 0 radical (unpaired) electrons. The van der Waals surface area contributed by atoms with Crippen LogP contribution in [0.4, 0.5) is 8.78 Å². The molecule has 0 aliphatic carbocycles. The van der Waals surface area contributed by atoms with Crippen LogP contribution in [0.3, 0.4) is 0 Å². The fraction of sp³-hybridized carbons (Fsp3) is 0.571. The third-order valence-corrected chi connectivity index (χ3v) is 2.95. The van der Waals surface area contributed by atoms with Gasteiger partial charge >= 0.3 is 0 Å². The van der Waals surface area contributed by atoms with Gasteiger partial charge in [-0.3, -0.25) is 0 Å². The van der Waals surface area contributed by atoms with E-state index in [0.717, 1.165) is 5.56 Å². The summed E-state index contributed by atoms with van der Waals surface area (Å²) in [7, 11) is 1.57. The summed E-state index contributed by atoms with van der Waals surface area (Å²) in [6.07, 6.45) is -1.97. The predicted molar refractivity (Wildman–Crippen MR) is 67.7 cm³/mol. The summed E-state index contributed by atoms with van der Waals surface area (Å²) in [5, 5.41) is 2.64. The highest BCUT2D eigenvalue weighted by Crippen LogP contribution is 2.22. The lowest BCUT2D eigenvalue weighted by atomic mass is 9.86. The van der Waals surface area contributed by atoms with Gasteiger partial charge in [0.1, 0.15) is 0 Å². The van der Waals surface area contributed by atoms with Gasteiger partial charge in [-0.1, -0.05) is 45.0 Å². The van der Waals surface area contributed by atoms with E-state index in [4.69, 9.17) is 0 Å². The zero-order valence-corrected chi connectivity index (χ0v) is 10.9. The van der Waals surface area contributed by atoms with Crippen LogP contribution in [0.25, 0.3) is 0 Å². The van der Waals surface area contributed by atoms with Crippen LogP contribution in [0.1, 0.15) is 31.9 Å². The van der Waals surface area contributed by atoms with Crippen LogP contribution >= 0.6 is 0 Å². The Labute approximate surface area is 102 Å². The Morgan fingerprint density at radius 2 is 1.65 bits per heavy atom. The van der Waals surface area contributed by atoms with Crippen molar-refractivity contribution in [3.63, 3.8) is 0 Å². The number of halogens is 2. The van der Waals surface area contributed by atoms with Crippen LogP contribution in [-0.4, -0.2) is 19.5 Å². The number of benzene rings is 1. The van der Waals surface area contributed by atoms with Crippen LogP contribution in [-0.2, 0) is 11.8 Å². The fourth-order valence-electron chi connectivity index (χ4n) is 1.71. The van der Waals surface area contributed by atoms with Gasteiger partial charge in [0.05, 0.1) is 6.04 Å². The highest BCUT2D eigenvalue weighted by molar-refractivity contribution is 5.28. The molecule has 1 unspecified atom stereocenters. The summed E-state index contributed by atoms with van der Waals surface area (Å²) in [4.78, 5) is 0. The molecule has 1 aromatic carbocycles. The quantitative estimate of drug-likeness (QED) is 0.852. The summed E-state index contributed by atoms with van der Waals surface area (Å²) in [6, 6.07) is 7.15. The summed E-state index contributed by atoms with van der Waals surface area (Å²) in [6.45, 7) is 6.41. The second kappa shape index (κ2) is 5.58. The van der Waals surface area contributed by atoms with Crippen molar-refractivity contribution in [3.05, 3.63) is 35.4 Å². The number of nitrogens with one attached hydrogen (secondary N) is 1. The van der Waals surface area contributed by atoms with E-state index in [1.54, 1.807) is 7.05 Å². The van der Waals surface area contributed by atoms with Gasteiger partial charge in [-0.2, -0.15) is 0 Å². The monoisotopic (exact) mass is 241 g/mol. The van der Waals surface area contributed by atoms with E-state index in [0.29, 0.717) is 6.42 Å². The van der Waals surface area contributed by atoms with Crippen molar-refractivity contribution in [1.82, 2.24) is 5.32 Å². The number of hydrogen-bond donors (Lipinski definition) is 1. The molecule has 1 rings (SSSR count). The molecule has 1 aromatic rings. The molecule has 0 saturated heterocycles. The average Bonchev–Trinajstić information content (AvgIpc) is 2.25. The van der Waals surface area contributed by atoms with Gasteiger partial charge in [-0.25, -0.2) is 8.78 Å². The molecule has 3 heteroatoms. The number of hydrogen-bond acceptors (Lipinski definition) is 1. The van der Waals surface area contributed by atoms with Crippen molar-refractivity contribution in [2.24, 2.45) is 0 Å². The zero-order valence-electron chi connectivity index (χ0n) is 10.9. The van der Waals surface area contributed by atoms with Gasteiger partial charge in [-0.05, 0) is 30.0 Å². The topological polar surface area (TPSA) is 12.0 Å². The minimum absolute atomic E-state index is 0.101. The predicted octanol–water partition coefficient (Wildman–Crippen LogP) is 3.38. The third kappa shape index (κ3) is 4.08. The van der Waals surface area contributed by atoms with Crippen molar-refractivity contribution < 1.29 is 8.78 Å². The van der Waals surface area contributed by atoms with E-state index in [2.05, 4.69) is 26.1 Å². The molecule has 0 aromatic heterocycles. The first-order valence-electron chi connectivity index (χ1n) is 5.89. The molecule has 0 amide bonds. The summed E-state index contributed by atoms with van der Waals surface area (Å²) < 4.78 is 25.2. The highest BCUT2D eigenvalue weighted by atomic mass is 19.3. The average molecular weight is 241 g/mol. The highest BCUT2D eigenvalue weighted by Gasteiger charge is 2.19. The molecule has 1 atom stereocenters. The molecule has 17 heavy (non-hydrogen) atoms. The number of alkyl halides is 2. The van der Waals surface area contributed by atoms with E-state index in [-0.39, 0.29) is 5.41 Å². The van der Waals surface area contributed by atoms with Crippen LogP contribution in [0, 0.1) is 0 Å². The lowest BCUT2D eigenvalue weighted by Gasteiger charge is -2.20. The minimum atomic E-state index is -2.33. The minimum Gasteiger partial charge on any atom is -0.312 e. The van der Waals surface area contributed by atoms with E-state index in [9.17, 15) is 8.78 Å². The van der Waals surface area contributed by atoms with Crippen LogP contribution in [0.2, 0.25) is 0 Å². The van der Waals surface area contributed by atoms with Crippen molar-refractivity contribution in [2.75, 3.05) is 7.05 Å². The Morgan fingerprint density at radius 3 is 2.00 bits per heavy atom. The van der Waals surface area contributed by atoms with E-state index < -0.39 is 12.5 Å². The molecule has 1 N–H and O–H groups in total. The maximum absolute atomic E-state index is 12.6. The largest absolute Gasteiger partial charge is 0.312 e. The summed E-state index contributed by atoms with van der Waals surface area (Å²) >= 11 is 0. The Bertz CT molecular complexity index is 338. The third-order valence-electron chi connectivity index (χ3n) is 2.95. The Kier molecular flexibility index (Phi) is 4.63. The molecule has 96 valence electrons. The van der Waals surface area contributed by atoms with Gasteiger partial charge in [0, 0.05) is 0 Å². The molecule has 0 heterocycles. The molecule has 0 spiro atoms. The molecule has 0 aliphatic heterocycles. The molecule has 0 aliphatic rings. The van der Waals surface area contributed by atoms with Crippen molar-refractivity contribution in [1.29, 1.82) is 0 Å². The van der Waals surface area contributed by atoms with Crippen LogP contribution in [0.5, 0.6) is 0 Å². The van der Waals surface area contributed by atoms with E-state index in [1.165, 1.54) is 5.56 Å². The van der Waals surface area contributed by atoms with Gasteiger partial charge in [-0.15, -0.1) is 0 Å². The van der Waals surface area contributed by atoms with Crippen LogP contribution < -0.4 is 5.32 Å². The lowest BCUT2D eigenvalue weighted by molar-refractivity contribution is 0.102. The van der Waals surface area contributed by atoms with Gasteiger partial charge in [0.15, 0.2) is 0 Å². The molecule has 0 fully saturated rings. The molecule has 1 nitrogen and oxygen atoms in total. The number of likely N-dealkylation sites (N-methyl/N-ethyl adjacent to an activating group) is 1. The van der Waals surface area contributed by atoms with Gasteiger partial charge < -0.3 is 5.32 Å². The Hall–Kier alpha value is -0.960. The summed E-state index contributed by atoms with van der Waals surface area (Å²) in [5.74, 6) is 0. The van der Waals surface area contributed by atoms with E-state index >= 15 is 0 Å². The second-order valence-corrected chi connectivity index (χ2v) is 5.38. The Balaban J connectivity index is 2.75. The van der Waals surface area contributed by atoms with Crippen molar-refractivity contribution >= 4 is 0 Å². The standard InChI is InChI=1S/C14H21F2N/c1-14(2,3)11-7-5-10(6-8-11)9-12(17-4)13(15)16/h5-8,12-13,17H,9H2,1-4H3. The Morgan fingerprint density at radius 1 is 1.12 bits per heavy atom. The van der Waals surface area contributed by atoms with Gasteiger partial charge in [0.2, 0.25) is 0 Å². The molecule has 0 bridgehead atoms. The first-order valence-corrected chi connectivity index (χ1v) is 5.89. The van der Waals surface area contributed by atoms with Gasteiger partial charge in [0.25, 0.3) is 6.43 Å². The SMILES string of the molecule is CNC(Cc1ccc(C(C)(C)C)cc1)C(F)F. The van der Waals surface area contributed by atoms with Crippen molar-refractivity contribution in [3.8, 4) is 0 Å². The maximum atomic E-state index is 12.6. The maximum Gasteiger partial charge on any atom is 0.254 e. The molecule has 0 saturated carbocycles. The lowest BCUT2D eigenvalue weighted by Crippen LogP contribution is -2.34. The normalized spacial score (nSPS) is 14.1. The second-order valence-electron chi connectivity index (χ2n) is 5.38. The number of rotatable bonds is 4.